The Kier molecular flexibility index (Phi) is 2.87. The Morgan fingerprint density at radius 1 is 1.42 bits per heavy atom. The van der Waals surface area contributed by atoms with E-state index in [9.17, 15) is 0 Å². The van der Waals surface area contributed by atoms with Gasteiger partial charge in [-0.2, -0.15) is 5.10 Å². The summed E-state index contributed by atoms with van der Waals surface area (Å²) in [5, 5.41) is 7.44. The average molecular weight is 167 g/mol. The SMILES string of the molecule is CNC(C)c1cnn(C(C)C)c1. The van der Waals surface area contributed by atoms with E-state index >= 15 is 0 Å². The van der Waals surface area contributed by atoms with Crippen molar-refractivity contribution in [1.82, 2.24) is 15.1 Å². The highest BCUT2D eigenvalue weighted by Gasteiger charge is 2.06. The quantitative estimate of drug-likeness (QED) is 0.743. The zero-order valence-corrected chi connectivity index (χ0v) is 8.20. The van der Waals surface area contributed by atoms with Crippen LogP contribution in [-0.2, 0) is 0 Å². The van der Waals surface area contributed by atoms with Crippen molar-refractivity contribution in [2.75, 3.05) is 7.05 Å². The van der Waals surface area contributed by atoms with Crippen molar-refractivity contribution < 1.29 is 0 Å². The van der Waals surface area contributed by atoms with Crippen LogP contribution in [-0.4, -0.2) is 16.8 Å². The van der Waals surface area contributed by atoms with Crippen molar-refractivity contribution in [3.63, 3.8) is 0 Å². The van der Waals surface area contributed by atoms with Gasteiger partial charge in [0.15, 0.2) is 0 Å². The van der Waals surface area contributed by atoms with Gasteiger partial charge in [-0.05, 0) is 27.8 Å². The second-order valence-electron chi connectivity index (χ2n) is 3.36. The Morgan fingerprint density at radius 2 is 2.08 bits per heavy atom. The van der Waals surface area contributed by atoms with Gasteiger partial charge in [-0.25, -0.2) is 0 Å². The van der Waals surface area contributed by atoms with Gasteiger partial charge in [0, 0.05) is 23.8 Å². The standard InChI is InChI=1S/C9H17N3/c1-7(2)12-6-9(5-11-12)8(3)10-4/h5-8,10H,1-4H3. The second-order valence-corrected chi connectivity index (χ2v) is 3.36. The van der Waals surface area contributed by atoms with E-state index < -0.39 is 0 Å². The zero-order valence-electron chi connectivity index (χ0n) is 8.20. The first kappa shape index (κ1) is 9.26. The number of aromatic nitrogens is 2. The first-order valence-corrected chi connectivity index (χ1v) is 4.36. The molecular formula is C9H17N3. The van der Waals surface area contributed by atoms with Gasteiger partial charge < -0.3 is 5.32 Å². The molecule has 0 aliphatic rings. The van der Waals surface area contributed by atoms with Gasteiger partial charge in [0.2, 0.25) is 0 Å². The number of nitrogens with zero attached hydrogens (tertiary/aromatic N) is 2. The van der Waals surface area contributed by atoms with Crippen molar-refractivity contribution in [3.05, 3.63) is 18.0 Å². The summed E-state index contributed by atoms with van der Waals surface area (Å²) in [4.78, 5) is 0. The van der Waals surface area contributed by atoms with E-state index in [0.29, 0.717) is 12.1 Å². The predicted molar refractivity (Wildman–Crippen MR) is 50.1 cm³/mol. The lowest BCUT2D eigenvalue weighted by Crippen LogP contribution is -2.11. The highest BCUT2D eigenvalue weighted by molar-refractivity contribution is 5.09. The van der Waals surface area contributed by atoms with Crippen molar-refractivity contribution in [1.29, 1.82) is 0 Å². The minimum atomic E-state index is 0.387. The van der Waals surface area contributed by atoms with Crippen LogP contribution in [0.5, 0.6) is 0 Å². The third kappa shape index (κ3) is 1.85. The molecule has 0 saturated heterocycles. The first-order valence-electron chi connectivity index (χ1n) is 4.36. The molecule has 0 aliphatic heterocycles. The van der Waals surface area contributed by atoms with E-state index in [1.165, 1.54) is 5.56 Å². The lowest BCUT2D eigenvalue weighted by atomic mass is 10.2. The normalized spacial score (nSPS) is 13.8. The minimum Gasteiger partial charge on any atom is -0.313 e. The van der Waals surface area contributed by atoms with Crippen LogP contribution in [0.15, 0.2) is 12.4 Å². The van der Waals surface area contributed by atoms with E-state index in [4.69, 9.17) is 0 Å². The van der Waals surface area contributed by atoms with Gasteiger partial charge >= 0.3 is 0 Å². The van der Waals surface area contributed by atoms with Gasteiger partial charge in [0.1, 0.15) is 0 Å². The maximum atomic E-state index is 4.26. The molecule has 0 bridgehead atoms. The van der Waals surface area contributed by atoms with Gasteiger partial charge in [-0.3, -0.25) is 4.68 Å². The van der Waals surface area contributed by atoms with Crippen LogP contribution >= 0.6 is 0 Å². The van der Waals surface area contributed by atoms with Crippen molar-refractivity contribution in [3.8, 4) is 0 Å². The summed E-state index contributed by atoms with van der Waals surface area (Å²) in [5.74, 6) is 0. The van der Waals surface area contributed by atoms with E-state index in [0.717, 1.165) is 0 Å². The molecule has 68 valence electrons. The van der Waals surface area contributed by atoms with Crippen LogP contribution < -0.4 is 5.32 Å². The molecule has 1 aromatic heterocycles. The van der Waals surface area contributed by atoms with E-state index in [1.807, 2.05) is 17.9 Å². The molecule has 1 unspecified atom stereocenters. The maximum absolute atomic E-state index is 4.26. The fraction of sp³-hybridized carbons (Fsp3) is 0.667. The molecule has 1 rings (SSSR count). The molecule has 0 amide bonds. The van der Waals surface area contributed by atoms with Crippen LogP contribution in [0.4, 0.5) is 0 Å². The van der Waals surface area contributed by atoms with Gasteiger partial charge in [0.05, 0.1) is 6.20 Å². The third-order valence-corrected chi connectivity index (χ3v) is 2.08. The van der Waals surface area contributed by atoms with Crippen LogP contribution in [0, 0.1) is 0 Å². The summed E-state index contributed by atoms with van der Waals surface area (Å²) in [5.41, 5.74) is 1.24. The number of hydrogen-bond acceptors (Lipinski definition) is 2. The van der Waals surface area contributed by atoms with Gasteiger partial charge in [-0.1, -0.05) is 0 Å². The number of rotatable bonds is 3. The van der Waals surface area contributed by atoms with Crippen LogP contribution in [0.25, 0.3) is 0 Å². The highest BCUT2D eigenvalue weighted by atomic mass is 15.3. The first-order chi connectivity index (χ1) is 5.65. The molecule has 0 radical (unpaired) electrons. The molecule has 1 N–H and O–H groups in total. The van der Waals surface area contributed by atoms with Crippen molar-refractivity contribution in [2.45, 2.75) is 32.9 Å². The molecule has 3 nitrogen and oxygen atoms in total. The van der Waals surface area contributed by atoms with Crippen LogP contribution in [0.1, 0.15) is 38.4 Å². The lowest BCUT2D eigenvalue weighted by Gasteiger charge is -2.06. The van der Waals surface area contributed by atoms with E-state index in [-0.39, 0.29) is 0 Å². The summed E-state index contributed by atoms with van der Waals surface area (Å²) < 4.78 is 1.98. The minimum absolute atomic E-state index is 0.387. The molecule has 0 saturated carbocycles. The molecule has 1 heterocycles. The van der Waals surface area contributed by atoms with Crippen molar-refractivity contribution in [2.24, 2.45) is 0 Å². The fourth-order valence-corrected chi connectivity index (χ4v) is 1.03. The smallest absolute Gasteiger partial charge is 0.0537 e. The zero-order chi connectivity index (χ0) is 9.14. The van der Waals surface area contributed by atoms with E-state index in [2.05, 4.69) is 37.4 Å². The molecule has 1 aromatic rings. The molecule has 0 aromatic carbocycles. The Balaban J connectivity index is 2.77. The Bertz CT molecular complexity index is 240. The summed E-state index contributed by atoms with van der Waals surface area (Å²) in [6.45, 7) is 6.38. The Morgan fingerprint density at radius 3 is 2.50 bits per heavy atom. The molecule has 0 fully saturated rings. The largest absolute Gasteiger partial charge is 0.313 e. The summed E-state index contributed by atoms with van der Waals surface area (Å²) >= 11 is 0. The molecule has 1 atom stereocenters. The molecule has 0 spiro atoms. The third-order valence-electron chi connectivity index (χ3n) is 2.08. The number of hydrogen-bond donors (Lipinski definition) is 1. The molecule has 3 heteroatoms. The van der Waals surface area contributed by atoms with Crippen molar-refractivity contribution >= 4 is 0 Å². The maximum Gasteiger partial charge on any atom is 0.0537 e. The average Bonchev–Trinajstić information content (AvgIpc) is 2.51. The monoisotopic (exact) mass is 167 g/mol. The molecule has 12 heavy (non-hydrogen) atoms. The fourth-order valence-electron chi connectivity index (χ4n) is 1.03. The lowest BCUT2D eigenvalue weighted by molar-refractivity contribution is 0.530. The van der Waals surface area contributed by atoms with E-state index in [1.54, 1.807) is 0 Å². The van der Waals surface area contributed by atoms with Crippen LogP contribution in [0.3, 0.4) is 0 Å². The summed E-state index contributed by atoms with van der Waals surface area (Å²) in [7, 11) is 1.96. The topological polar surface area (TPSA) is 29.9 Å². The summed E-state index contributed by atoms with van der Waals surface area (Å²) in [6.07, 6.45) is 4.01. The second kappa shape index (κ2) is 3.72. The highest BCUT2D eigenvalue weighted by Crippen LogP contribution is 2.12. The molecular weight excluding hydrogens is 150 g/mol. The Hall–Kier alpha value is -0.830. The predicted octanol–water partition coefficient (Wildman–Crippen LogP) is 1.74. The number of nitrogens with one attached hydrogen (secondary N) is 1. The Labute approximate surface area is 73.8 Å². The summed E-state index contributed by atoms with van der Waals surface area (Å²) in [6, 6.07) is 0.834. The van der Waals surface area contributed by atoms with Crippen LogP contribution in [0.2, 0.25) is 0 Å². The van der Waals surface area contributed by atoms with Gasteiger partial charge in [0.25, 0.3) is 0 Å². The van der Waals surface area contributed by atoms with Gasteiger partial charge in [-0.15, -0.1) is 0 Å². The molecule has 0 aliphatic carbocycles.